The van der Waals surface area contributed by atoms with Gasteiger partial charge in [0.15, 0.2) is 5.11 Å². The molecule has 3 aromatic carbocycles. The highest BCUT2D eigenvalue weighted by Gasteiger charge is 2.16. The monoisotopic (exact) mass is 553 g/mol. The summed E-state index contributed by atoms with van der Waals surface area (Å²) < 4.78 is 12.1. The van der Waals surface area contributed by atoms with Crippen LogP contribution in [0, 0.1) is 0 Å². The third-order valence-corrected chi connectivity index (χ3v) is 5.38. The SMILES string of the molecule is C=CCOc1ccccc1C(=O)NNC(=S)NC(=O)c1cc(Br)ccc1OCCc1ccccc1. The molecule has 0 aromatic heterocycles. The van der Waals surface area contributed by atoms with Crippen molar-refractivity contribution in [2.24, 2.45) is 0 Å². The first-order valence-electron chi connectivity index (χ1n) is 10.7. The average Bonchev–Trinajstić information content (AvgIpc) is 2.87. The minimum absolute atomic E-state index is 0.0805. The Kier molecular flexibility index (Phi) is 9.82. The lowest BCUT2D eigenvalue weighted by atomic mass is 10.1. The van der Waals surface area contributed by atoms with E-state index in [9.17, 15) is 9.59 Å². The maximum atomic E-state index is 12.9. The first kappa shape index (κ1) is 25.9. The van der Waals surface area contributed by atoms with Crippen molar-refractivity contribution < 1.29 is 19.1 Å². The Bertz CT molecular complexity index is 1200. The predicted octanol–water partition coefficient (Wildman–Crippen LogP) is 4.58. The standard InChI is InChI=1S/C26H24BrN3O4S/c1-2-15-33-22-11-7-6-10-20(22)25(32)29-30-26(35)28-24(31)21-17-19(27)12-13-23(21)34-16-14-18-8-4-3-5-9-18/h2-13,17H,1,14-16H2,(H,29,32)(H2,28,30,31,35). The molecule has 7 nitrogen and oxygen atoms in total. The third kappa shape index (κ3) is 7.94. The topological polar surface area (TPSA) is 88.7 Å². The highest BCUT2D eigenvalue weighted by Crippen LogP contribution is 2.23. The van der Waals surface area contributed by atoms with E-state index >= 15 is 0 Å². The predicted molar refractivity (Wildman–Crippen MR) is 143 cm³/mol. The van der Waals surface area contributed by atoms with Crippen molar-refractivity contribution in [1.29, 1.82) is 0 Å². The van der Waals surface area contributed by atoms with Crippen molar-refractivity contribution in [2.45, 2.75) is 6.42 Å². The van der Waals surface area contributed by atoms with Crippen LogP contribution in [-0.4, -0.2) is 30.1 Å². The summed E-state index contributed by atoms with van der Waals surface area (Å²) in [6.45, 7) is 4.26. The molecule has 0 atom stereocenters. The summed E-state index contributed by atoms with van der Waals surface area (Å²) in [4.78, 5) is 25.4. The van der Waals surface area contributed by atoms with Gasteiger partial charge >= 0.3 is 0 Å². The quantitative estimate of drug-likeness (QED) is 0.204. The van der Waals surface area contributed by atoms with Gasteiger partial charge in [0, 0.05) is 10.9 Å². The largest absolute Gasteiger partial charge is 0.492 e. The van der Waals surface area contributed by atoms with E-state index in [0.717, 1.165) is 5.56 Å². The molecule has 0 radical (unpaired) electrons. The van der Waals surface area contributed by atoms with Crippen molar-refractivity contribution in [3.8, 4) is 11.5 Å². The van der Waals surface area contributed by atoms with Crippen molar-refractivity contribution in [1.82, 2.24) is 16.2 Å². The molecule has 9 heteroatoms. The second kappa shape index (κ2) is 13.3. The van der Waals surface area contributed by atoms with Gasteiger partial charge in [-0.3, -0.25) is 25.8 Å². The lowest BCUT2D eigenvalue weighted by molar-refractivity contribution is 0.0930. The molecule has 180 valence electrons. The lowest BCUT2D eigenvalue weighted by Crippen LogP contribution is -2.48. The van der Waals surface area contributed by atoms with Crippen LogP contribution in [0.25, 0.3) is 0 Å². The number of hydrazine groups is 1. The van der Waals surface area contributed by atoms with Crippen molar-refractivity contribution in [3.05, 3.63) is 107 Å². The van der Waals surface area contributed by atoms with E-state index in [0.29, 0.717) is 40.1 Å². The van der Waals surface area contributed by atoms with Crippen LogP contribution in [0.4, 0.5) is 0 Å². The fourth-order valence-corrected chi connectivity index (χ4v) is 3.55. The number of benzene rings is 3. The second-order valence-electron chi connectivity index (χ2n) is 7.18. The maximum absolute atomic E-state index is 12.9. The number of carbonyl (C=O) groups is 2. The van der Waals surface area contributed by atoms with Gasteiger partial charge in [-0.1, -0.05) is 71.0 Å². The zero-order chi connectivity index (χ0) is 25.0. The van der Waals surface area contributed by atoms with Crippen molar-refractivity contribution in [2.75, 3.05) is 13.2 Å². The Morgan fingerprint density at radius 1 is 0.886 bits per heavy atom. The van der Waals surface area contributed by atoms with Gasteiger partial charge in [0.05, 0.1) is 17.7 Å². The lowest BCUT2D eigenvalue weighted by Gasteiger charge is -2.15. The normalized spacial score (nSPS) is 10.1. The zero-order valence-corrected chi connectivity index (χ0v) is 21.2. The molecule has 35 heavy (non-hydrogen) atoms. The average molecular weight is 554 g/mol. The minimum Gasteiger partial charge on any atom is -0.492 e. The summed E-state index contributed by atoms with van der Waals surface area (Å²) in [6.07, 6.45) is 2.28. The number of ether oxygens (including phenoxy) is 2. The molecule has 0 saturated heterocycles. The van der Waals surface area contributed by atoms with E-state index in [4.69, 9.17) is 21.7 Å². The van der Waals surface area contributed by atoms with Crippen molar-refractivity contribution in [3.63, 3.8) is 0 Å². The Balaban J connectivity index is 1.57. The molecule has 3 rings (SSSR count). The van der Waals surface area contributed by atoms with Crippen LogP contribution in [0.5, 0.6) is 11.5 Å². The number of rotatable bonds is 9. The molecule has 2 amide bonds. The Labute approximate surface area is 217 Å². The van der Waals surface area contributed by atoms with E-state index in [-0.39, 0.29) is 11.7 Å². The molecule has 0 fully saturated rings. The van der Waals surface area contributed by atoms with Gasteiger partial charge in [0.25, 0.3) is 11.8 Å². The van der Waals surface area contributed by atoms with Crippen molar-refractivity contribution >= 4 is 45.1 Å². The van der Waals surface area contributed by atoms with Gasteiger partial charge in [-0.25, -0.2) is 0 Å². The molecule has 0 aliphatic rings. The summed E-state index contributed by atoms with van der Waals surface area (Å²) >= 11 is 8.55. The summed E-state index contributed by atoms with van der Waals surface area (Å²) in [7, 11) is 0. The Morgan fingerprint density at radius 2 is 1.60 bits per heavy atom. The Morgan fingerprint density at radius 3 is 2.37 bits per heavy atom. The van der Waals surface area contributed by atoms with Crippen LogP contribution in [0.15, 0.2) is 89.9 Å². The smallest absolute Gasteiger partial charge is 0.273 e. The minimum atomic E-state index is -0.484. The molecule has 0 heterocycles. The van der Waals surface area contributed by atoms with Gasteiger partial charge < -0.3 is 9.47 Å². The molecule has 3 N–H and O–H groups in total. The summed E-state index contributed by atoms with van der Waals surface area (Å²) in [5.41, 5.74) is 6.73. The van der Waals surface area contributed by atoms with Gasteiger partial charge in [-0.05, 0) is 48.1 Å². The maximum Gasteiger partial charge on any atom is 0.273 e. The molecule has 0 aliphatic heterocycles. The number of hydrogen-bond donors (Lipinski definition) is 3. The fourth-order valence-electron chi connectivity index (χ4n) is 3.04. The van der Waals surface area contributed by atoms with E-state index < -0.39 is 11.8 Å². The molecule has 0 aliphatic carbocycles. The summed E-state index contributed by atoms with van der Waals surface area (Å²) in [5, 5.41) is 2.47. The highest BCUT2D eigenvalue weighted by atomic mass is 79.9. The molecule has 3 aromatic rings. The number of halogens is 1. The van der Waals surface area contributed by atoms with Crippen LogP contribution >= 0.6 is 28.1 Å². The van der Waals surface area contributed by atoms with Crippen LogP contribution in [0.3, 0.4) is 0 Å². The molecule has 0 bridgehead atoms. The molecular weight excluding hydrogens is 530 g/mol. The third-order valence-electron chi connectivity index (χ3n) is 4.68. The summed E-state index contributed by atoms with van der Waals surface area (Å²) in [6, 6.07) is 21.8. The number of carbonyl (C=O) groups excluding carboxylic acids is 2. The number of para-hydroxylation sites is 1. The van der Waals surface area contributed by atoms with E-state index in [2.05, 4.69) is 38.7 Å². The first-order chi connectivity index (χ1) is 17.0. The van der Waals surface area contributed by atoms with Crippen LogP contribution in [0.2, 0.25) is 0 Å². The van der Waals surface area contributed by atoms with Crippen LogP contribution < -0.4 is 25.6 Å². The fraction of sp³-hybridized carbons (Fsp3) is 0.115. The number of hydrogen-bond acceptors (Lipinski definition) is 5. The molecular formula is C26H24BrN3O4S. The van der Waals surface area contributed by atoms with Gasteiger partial charge in [0.1, 0.15) is 18.1 Å². The first-order valence-corrected chi connectivity index (χ1v) is 11.9. The van der Waals surface area contributed by atoms with Gasteiger partial charge in [-0.2, -0.15) is 0 Å². The number of thiocarbonyl (C=S) groups is 1. The van der Waals surface area contributed by atoms with Crippen LogP contribution in [-0.2, 0) is 6.42 Å². The van der Waals surface area contributed by atoms with E-state index in [1.807, 2.05) is 30.3 Å². The van der Waals surface area contributed by atoms with E-state index in [1.165, 1.54) is 0 Å². The van der Waals surface area contributed by atoms with Gasteiger partial charge in [0.2, 0.25) is 0 Å². The zero-order valence-electron chi connectivity index (χ0n) is 18.8. The Hall–Kier alpha value is -3.69. The number of nitrogens with one attached hydrogen (secondary N) is 3. The van der Waals surface area contributed by atoms with Crippen LogP contribution in [0.1, 0.15) is 26.3 Å². The van der Waals surface area contributed by atoms with E-state index in [1.54, 1.807) is 48.5 Å². The summed E-state index contributed by atoms with van der Waals surface area (Å²) in [5.74, 6) is -0.147. The highest BCUT2D eigenvalue weighted by molar-refractivity contribution is 9.10. The molecule has 0 spiro atoms. The number of amides is 2. The molecule has 0 unspecified atom stereocenters. The van der Waals surface area contributed by atoms with Gasteiger partial charge in [-0.15, -0.1) is 0 Å². The molecule has 0 saturated carbocycles. The second-order valence-corrected chi connectivity index (χ2v) is 8.51.